The number of hydrogen-bond acceptors (Lipinski definition) is 5. The quantitative estimate of drug-likeness (QED) is 0.861. The van der Waals surface area contributed by atoms with Gasteiger partial charge in [0, 0.05) is 16.7 Å². The second kappa shape index (κ2) is 4.18. The van der Waals surface area contributed by atoms with Crippen molar-refractivity contribution in [3.63, 3.8) is 0 Å². The molecule has 5 nitrogen and oxygen atoms in total. The Morgan fingerprint density at radius 1 is 1.47 bits per heavy atom. The van der Waals surface area contributed by atoms with Crippen molar-refractivity contribution in [3.8, 4) is 22.8 Å². The minimum Gasteiger partial charge on any atom is -0.504 e. The normalized spacial score (nSPS) is 10.5. The van der Waals surface area contributed by atoms with Gasteiger partial charge in [-0.3, -0.25) is 0 Å². The fraction of sp³-hybridized carbons (Fsp3) is 0.182. The van der Waals surface area contributed by atoms with Crippen LogP contribution in [-0.4, -0.2) is 17.4 Å². The highest BCUT2D eigenvalue weighted by molar-refractivity contribution is 6.32. The summed E-state index contributed by atoms with van der Waals surface area (Å²) in [4.78, 5) is 0. The zero-order valence-electron chi connectivity index (χ0n) is 9.32. The van der Waals surface area contributed by atoms with Crippen LogP contribution in [-0.2, 0) is 0 Å². The highest BCUT2D eigenvalue weighted by Crippen LogP contribution is 2.42. The third-order valence-electron chi connectivity index (χ3n) is 2.45. The first-order valence-electron chi connectivity index (χ1n) is 4.83. The molecule has 0 fully saturated rings. The number of phenolic OH excluding ortho intramolecular Hbond substituents is 1. The Labute approximate surface area is 103 Å². The zero-order valence-corrected chi connectivity index (χ0v) is 10.1. The van der Waals surface area contributed by atoms with Crippen molar-refractivity contribution in [1.82, 2.24) is 5.16 Å². The highest BCUT2D eigenvalue weighted by atomic mass is 35.5. The third-order valence-corrected chi connectivity index (χ3v) is 2.84. The molecule has 0 aliphatic carbocycles. The Hall–Kier alpha value is -1.88. The SMILES string of the molecule is COc1c(C)c(Cl)cc(-c2cc(N)on2)c1O. The van der Waals surface area contributed by atoms with Gasteiger partial charge < -0.3 is 20.1 Å². The summed E-state index contributed by atoms with van der Waals surface area (Å²) >= 11 is 6.05. The first kappa shape index (κ1) is 11.6. The van der Waals surface area contributed by atoms with Gasteiger partial charge in [0.1, 0.15) is 5.69 Å². The molecule has 2 rings (SSSR count). The number of phenols is 1. The monoisotopic (exact) mass is 254 g/mol. The first-order chi connectivity index (χ1) is 8.04. The fourth-order valence-electron chi connectivity index (χ4n) is 1.57. The Morgan fingerprint density at radius 3 is 2.71 bits per heavy atom. The van der Waals surface area contributed by atoms with Gasteiger partial charge in [-0.05, 0) is 13.0 Å². The average Bonchev–Trinajstić information content (AvgIpc) is 2.71. The lowest BCUT2D eigenvalue weighted by molar-refractivity contribution is 0.371. The first-order valence-corrected chi connectivity index (χ1v) is 5.21. The largest absolute Gasteiger partial charge is 0.504 e. The third kappa shape index (κ3) is 1.89. The summed E-state index contributed by atoms with van der Waals surface area (Å²) in [5.74, 6) is 0.437. The number of hydrogen-bond donors (Lipinski definition) is 2. The van der Waals surface area contributed by atoms with Gasteiger partial charge in [-0.2, -0.15) is 0 Å². The minimum absolute atomic E-state index is 0.0392. The van der Waals surface area contributed by atoms with Gasteiger partial charge in [0.2, 0.25) is 5.88 Å². The van der Waals surface area contributed by atoms with Crippen LogP contribution in [0.15, 0.2) is 16.7 Å². The Bertz CT molecular complexity index is 566. The number of anilines is 1. The van der Waals surface area contributed by atoms with Gasteiger partial charge >= 0.3 is 0 Å². The van der Waals surface area contributed by atoms with Crippen LogP contribution < -0.4 is 10.5 Å². The summed E-state index contributed by atoms with van der Waals surface area (Å²) in [6.45, 7) is 1.75. The number of nitrogens with zero attached hydrogens (tertiary/aromatic N) is 1. The standard InChI is InChI=1S/C11H11ClN2O3/c1-5-7(12)3-6(10(15)11(5)16-2)8-4-9(13)17-14-8/h3-4,15H,13H2,1-2H3. The predicted octanol–water partition coefficient (Wildman–Crippen LogP) is 2.60. The molecule has 6 heteroatoms. The number of benzene rings is 1. The number of halogens is 1. The number of ether oxygens (including phenoxy) is 1. The molecule has 1 heterocycles. The zero-order chi connectivity index (χ0) is 12.6. The van der Waals surface area contributed by atoms with E-state index in [4.69, 9.17) is 26.6 Å². The van der Waals surface area contributed by atoms with E-state index in [1.54, 1.807) is 13.0 Å². The molecule has 1 aromatic carbocycles. The van der Waals surface area contributed by atoms with Crippen LogP contribution in [0.2, 0.25) is 5.02 Å². The maximum Gasteiger partial charge on any atom is 0.222 e. The molecule has 2 aromatic rings. The summed E-state index contributed by atoms with van der Waals surface area (Å²) in [5, 5.41) is 14.2. The maximum absolute atomic E-state index is 10.1. The lowest BCUT2D eigenvalue weighted by Gasteiger charge is -2.11. The topological polar surface area (TPSA) is 81.5 Å². The number of aromatic nitrogens is 1. The van der Waals surface area contributed by atoms with Crippen LogP contribution in [0.1, 0.15) is 5.56 Å². The summed E-state index contributed by atoms with van der Waals surface area (Å²) < 4.78 is 9.85. The molecule has 0 bridgehead atoms. The van der Waals surface area contributed by atoms with Crippen LogP contribution in [0, 0.1) is 6.92 Å². The summed E-state index contributed by atoms with van der Waals surface area (Å²) in [7, 11) is 1.46. The van der Waals surface area contributed by atoms with Crippen LogP contribution >= 0.6 is 11.6 Å². The summed E-state index contributed by atoms with van der Waals surface area (Å²) in [6.07, 6.45) is 0. The molecular formula is C11H11ClN2O3. The van der Waals surface area contributed by atoms with Gasteiger partial charge in [0.15, 0.2) is 11.5 Å². The molecule has 0 saturated heterocycles. The average molecular weight is 255 g/mol. The Kier molecular flexibility index (Phi) is 2.85. The molecule has 0 aliphatic heterocycles. The van der Waals surface area contributed by atoms with E-state index in [-0.39, 0.29) is 11.6 Å². The van der Waals surface area contributed by atoms with Crippen molar-refractivity contribution in [2.75, 3.05) is 12.8 Å². The predicted molar refractivity (Wildman–Crippen MR) is 64.3 cm³/mol. The molecule has 0 unspecified atom stereocenters. The number of nitrogen functional groups attached to an aromatic ring is 1. The van der Waals surface area contributed by atoms with Gasteiger partial charge in [0.25, 0.3) is 0 Å². The van der Waals surface area contributed by atoms with Crippen molar-refractivity contribution in [3.05, 3.63) is 22.7 Å². The summed E-state index contributed by atoms with van der Waals surface area (Å²) in [5.41, 5.74) is 6.91. The van der Waals surface area contributed by atoms with E-state index in [0.717, 1.165) is 0 Å². The lowest BCUT2D eigenvalue weighted by Crippen LogP contribution is -1.91. The van der Waals surface area contributed by atoms with E-state index in [9.17, 15) is 5.11 Å². The number of methoxy groups -OCH3 is 1. The second-order valence-electron chi connectivity index (χ2n) is 3.53. The summed E-state index contributed by atoms with van der Waals surface area (Å²) in [6, 6.07) is 3.09. The van der Waals surface area contributed by atoms with Crippen molar-refractivity contribution in [1.29, 1.82) is 0 Å². The van der Waals surface area contributed by atoms with Crippen molar-refractivity contribution >= 4 is 17.5 Å². The number of rotatable bonds is 2. The van der Waals surface area contributed by atoms with Crippen molar-refractivity contribution < 1.29 is 14.4 Å². The van der Waals surface area contributed by atoms with Crippen molar-refractivity contribution in [2.45, 2.75) is 6.92 Å². The van der Waals surface area contributed by atoms with E-state index < -0.39 is 0 Å². The highest BCUT2D eigenvalue weighted by Gasteiger charge is 2.18. The molecule has 0 atom stereocenters. The number of aromatic hydroxyl groups is 1. The smallest absolute Gasteiger partial charge is 0.222 e. The Balaban J connectivity index is 2.67. The van der Waals surface area contributed by atoms with Gasteiger partial charge in [-0.15, -0.1) is 0 Å². The molecule has 0 amide bonds. The maximum atomic E-state index is 10.1. The fourth-order valence-corrected chi connectivity index (χ4v) is 1.77. The molecular weight excluding hydrogens is 244 g/mol. The van der Waals surface area contributed by atoms with E-state index in [0.29, 0.717) is 27.6 Å². The molecule has 0 spiro atoms. The van der Waals surface area contributed by atoms with Crippen LogP contribution in [0.25, 0.3) is 11.3 Å². The molecule has 0 saturated carbocycles. The van der Waals surface area contributed by atoms with Gasteiger partial charge in [-0.25, -0.2) is 0 Å². The Morgan fingerprint density at radius 2 is 2.18 bits per heavy atom. The second-order valence-corrected chi connectivity index (χ2v) is 3.93. The molecule has 1 aromatic heterocycles. The molecule has 0 radical (unpaired) electrons. The van der Waals surface area contributed by atoms with Gasteiger partial charge in [-0.1, -0.05) is 16.8 Å². The van der Waals surface area contributed by atoms with E-state index in [1.807, 2.05) is 0 Å². The van der Waals surface area contributed by atoms with Crippen LogP contribution in [0.4, 0.5) is 5.88 Å². The van der Waals surface area contributed by atoms with E-state index in [2.05, 4.69) is 5.16 Å². The molecule has 17 heavy (non-hydrogen) atoms. The van der Waals surface area contributed by atoms with E-state index >= 15 is 0 Å². The van der Waals surface area contributed by atoms with E-state index in [1.165, 1.54) is 13.2 Å². The van der Waals surface area contributed by atoms with Gasteiger partial charge in [0.05, 0.1) is 12.7 Å². The number of nitrogens with two attached hydrogens (primary N) is 1. The molecule has 90 valence electrons. The van der Waals surface area contributed by atoms with Crippen molar-refractivity contribution in [2.24, 2.45) is 0 Å². The lowest BCUT2D eigenvalue weighted by atomic mass is 10.1. The minimum atomic E-state index is -0.0392. The molecule has 0 aliphatic rings. The van der Waals surface area contributed by atoms with Crippen LogP contribution in [0.5, 0.6) is 11.5 Å². The molecule has 3 N–H and O–H groups in total. The van der Waals surface area contributed by atoms with Crippen LogP contribution in [0.3, 0.4) is 0 Å².